The lowest BCUT2D eigenvalue weighted by atomic mass is 9.95. The summed E-state index contributed by atoms with van der Waals surface area (Å²) in [6, 6.07) is 40.7. The highest BCUT2D eigenvalue weighted by Gasteiger charge is 2.30. The fraction of sp³-hybridized carbons (Fsp3) is 0.0625. The molecule has 0 spiro atoms. The second kappa shape index (κ2) is 8.69. The molecule has 0 saturated carbocycles. The molecule has 0 aliphatic carbocycles. The highest BCUT2D eigenvalue weighted by molar-refractivity contribution is 5.90. The van der Waals surface area contributed by atoms with Crippen molar-refractivity contribution in [3.63, 3.8) is 0 Å². The van der Waals surface area contributed by atoms with E-state index in [1.165, 1.54) is 33.5 Å². The van der Waals surface area contributed by atoms with Crippen LogP contribution in [0.1, 0.15) is 5.69 Å². The van der Waals surface area contributed by atoms with Gasteiger partial charge >= 0.3 is 0 Å². The lowest BCUT2D eigenvalue weighted by molar-refractivity contribution is -0.633. The van der Waals surface area contributed by atoms with E-state index in [4.69, 9.17) is 0 Å². The third kappa shape index (κ3) is 3.53. The second-order valence-electron chi connectivity index (χ2n) is 8.78. The number of fused-ring (bicyclic) bond motifs is 1. The van der Waals surface area contributed by atoms with Crippen LogP contribution in [0.25, 0.3) is 50.4 Å². The van der Waals surface area contributed by atoms with Gasteiger partial charge in [0.15, 0.2) is 11.0 Å². The molecule has 168 valence electrons. The summed E-state index contributed by atoms with van der Waals surface area (Å²) in [5.74, 6) is 1.11. The number of pyridine rings is 1. The Kier molecular flexibility index (Phi) is 5.23. The van der Waals surface area contributed by atoms with Crippen LogP contribution in [-0.2, 0) is 7.05 Å². The van der Waals surface area contributed by atoms with E-state index in [0.717, 1.165) is 22.6 Å². The van der Waals surface area contributed by atoms with Crippen LogP contribution >= 0.6 is 0 Å². The van der Waals surface area contributed by atoms with Crippen molar-refractivity contribution < 1.29 is 4.57 Å². The van der Waals surface area contributed by atoms with Crippen molar-refractivity contribution in [3.05, 3.63) is 127 Å². The molecule has 0 saturated heterocycles. The van der Waals surface area contributed by atoms with Gasteiger partial charge in [0.05, 0.1) is 18.3 Å². The van der Waals surface area contributed by atoms with Crippen LogP contribution in [0.2, 0.25) is 0 Å². The Morgan fingerprint density at radius 3 is 1.80 bits per heavy atom. The molecule has 0 bridgehead atoms. The molecule has 35 heavy (non-hydrogen) atoms. The zero-order valence-corrected chi connectivity index (χ0v) is 19.9. The summed E-state index contributed by atoms with van der Waals surface area (Å²) in [7, 11) is 2.15. The molecule has 0 fully saturated rings. The van der Waals surface area contributed by atoms with Gasteiger partial charge in [-0.1, -0.05) is 91.0 Å². The minimum Gasteiger partial charge on any atom is -0.261 e. The Bertz CT molecular complexity index is 1590. The van der Waals surface area contributed by atoms with Crippen LogP contribution in [0, 0.1) is 6.92 Å². The Labute approximate surface area is 205 Å². The molecular weight excluding hydrogens is 426 g/mol. The number of nitrogens with zero attached hydrogens (tertiary/aromatic N) is 3. The molecule has 0 unspecified atom stereocenters. The maximum atomic E-state index is 4.64. The normalized spacial score (nSPS) is 11.1. The lowest BCUT2D eigenvalue weighted by Gasteiger charge is -2.15. The Hall–Kier alpha value is -4.50. The quantitative estimate of drug-likeness (QED) is 0.260. The Balaban J connectivity index is 1.81. The summed E-state index contributed by atoms with van der Waals surface area (Å²) in [4.78, 5) is 4.64. The highest BCUT2D eigenvalue weighted by atomic mass is 15.2. The maximum absolute atomic E-state index is 4.64. The first-order valence-electron chi connectivity index (χ1n) is 11.9. The molecule has 4 aromatic carbocycles. The van der Waals surface area contributed by atoms with Gasteiger partial charge in [0.1, 0.15) is 5.69 Å². The summed E-state index contributed by atoms with van der Waals surface area (Å²) in [6.45, 7) is 2.08. The lowest BCUT2D eigenvalue weighted by Crippen LogP contribution is -2.30. The first-order valence-corrected chi connectivity index (χ1v) is 11.9. The van der Waals surface area contributed by atoms with Crippen LogP contribution < -0.4 is 4.57 Å². The van der Waals surface area contributed by atoms with E-state index in [2.05, 4.69) is 137 Å². The van der Waals surface area contributed by atoms with Gasteiger partial charge in [-0.25, -0.2) is 4.57 Å². The molecule has 0 N–H and O–H groups in total. The van der Waals surface area contributed by atoms with E-state index in [0.29, 0.717) is 0 Å². The molecule has 2 aromatic heterocycles. The fourth-order valence-electron chi connectivity index (χ4n) is 5.05. The number of rotatable bonds is 4. The summed E-state index contributed by atoms with van der Waals surface area (Å²) < 4.78 is 4.71. The third-order valence-corrected chi connectivity index (χ3v) is 6.69. The topological polar surface area (TPSA) is 21.7 Å². The number of aryl methyl sites for hydroxylation is 2. The zero-order valence-electron chi connectivity index (χ0n) is 19.9. The Morgan fingerprint density at radius 2 is 1.17 bits per heavy atom. The molecule has 3 nitrogen and oxygen atoms in total. The summed E-state index contributed by atoms with van der Waals surface area (Å²) in [6.07, 6.45) is 1.86. The third-order valence-electron chi connectivity index (χ3n) is 6.69. The van der Waals surface area contributed by atoms with Gasteiger partial charge in [-0.15, -0.1) is 0 Å². The molecule has 2 heterocycles. The van der Waals surface area contributed by atoms with Crippen LogP contribution in [0.15, 0.2) is 121 Å². The van der Waals surface area contributed by atoms with E-state index in [1.54, 1.807) is 0 Å². The molecule has 3 heteroatoms. The summed E-state index contributed by atoms with van der Waals surface area (Å²) >= 11 is 0. The molecule has 0 amide bonds. The van der Waals surface area contributed by atoms with Crippen molar-refractivity contribution >= 4 is 11.0 Å². The molecular formula is C32H26N3+. The van der Waals surface area contributed by atoms with E-state index in [1.807, 2.05) is 12.3 Å². The number of imidazole rings is 1. The zero-order chi connectivity index (χ0) is 23.8. The van der Waals surface area contributed by atoms with Crippen molar-refractivity contribution in [2.24, 2.45) is 7.05 Å². The van der Waals surface area contributed by atoms with Gasteiger partial charge in [0, 0.05) is 17.3 Å². The highest BCUT2D eigenvalue weighted by Crippen LogP contribution is 2.39. The van der Waals surface area contributed by atoms with Gasteiger partial charge in [-0.05, 0) is 42.3 Å². The first kappa shape index (κ1) is 21.1. The standard InChI is InChI=1S/C32H26N3/c1-23-26(19-12-22-33-23)32-34(2)29-20-9-10-21-30(29)35(32)31-27(24-13-5-3-6-14-24)17-11-18-28(31)25-15-7-4-8-16-25/h3-22H,1-2H3/q+1. The average Bonchev–Trinajstić information content (AvgIpc) is 3.21. The molecule has 0 radical (unpaired) electrons. The van der Waals surface area contributed by atoms with Crippen molar-refractivity contribution in [2.45, 2.75) is 6.92 Å². The predicted octanol–water partition coefficient (Wildman–Crippen LogP) is 7.16. The van der Waals surface area contributed by atoms with Gasteiger partial charge in [0.2, 0.25) is 0 Å². The van der Waals surface area contributed by atoms with Crippen LogP contribution in [-0.4, -0.2) is 9.55 Å². The van der Waals surface area contributed by atoms with Crippen LogP contribution in [0.5, 0.6) is 0 Å². The molecule has 0 atom stereocenters. The molecule has 6 rings (SSSR count). The van der Waals surface area contributed by atoms with E-state index >= 15 is 0 Å². The monoisotopic (exact) mass is 452 g/mol. The van der Waals surface area contributed by atoms with E-state index in [-0.39, 0.29) is 0 Å². The second-order valence-corrected chi connectivity index (χ2v) is 8.78. The molecule has 0 aliphatic heterocycles. The van der Waals surface area contributed by atoms with E-state index < -0.39 is 0 Å². The largest absolute Gasteiger partial charge is 0.296 e. The number of aromatic nitrogens is 3. The molecule has 0 aliphatic rings. The minimum absolute atomic E-state index is 1.01. The van der Waals surface area contributed by atoms with Crippen molar-refractivity contribution in [2.75, 3.05) is 0 Å². The SMILES string of the molecule is Cc1ncccc1-c1n(-c2c(-c3ccccc3)cccc2-c2ccccc2)c2ccccc2[n+]1C. The van der Waals surface area contributed by atoms with Crippen LogP contribution in [0.3, 0.4) is 0 Å². The van der Waals surface area contributed by atoms with Gasteiger partial charge < -0.3 is 0 Å². The number of para-hydroxylation sites is 3. The minimum atomic E-state index is 1.01. The maximum Gasteiger partial charge on any atom is 0.296 e. The van der Waals surface area contributed by atoms with Crippen molar-refractivity contribution in [3.8, 4) is 39.3 Å². The average molecular weight is 453 g/mol. The molecule has 6 aromatic rings. The number of hydrogen-bond donors (Lipinski definition) is 0. The fourth-order valence-corrected chi connectivity index (χ4v) is 5.05. The van der Waals surface area contributed by atoms with Crippen molar-refractivity contribution in [1.29, 1.82) is 0 Å². The predicted molar refractivity (Wildman–Crippen MR) is 143 cm³/mol. The number of benzene rings is 4. The summed E-state index contributed by atoms with van der Waals surface area (Å²) in [5, 5.41) is 0. The van der Waals surface area contributed by atoms with Crippen LogP contribution in [0.4, 0.5) is 0 Å². The van der Waals surface area contributed by atoms with Crippen molar-refractivity contribution in [1.82, 2.24) is 9.55 Å². The van der Waals surface area contributed by atoms with Gasteiger partial charge in [-0.3, -0.25) is 4.98 Å². The van der Waals surface area contributed by atoms with E-state index in [9.17, 15) is 0 Å². The van der Waals surface area contributed by atoms with Gasteiger partial charge in [-0.2, -0.15) is 4.57 Å². The van der Waals surface area contributed by atoms with Gasteiger partial charge in [0.25, 0.3) is 5.82 Å². The first-order chi connectivity index (χ1) is 17.2. The smallest absolute Gasteiger partial charge is 0.261 e. The number of hydrogen-bond acceptors (Lipinski definition) is 1. The summed E-state index contributed by atoms with van der Waals surface area (Å²) in [5.41, 5.74) is 10.4. The Morgan fingerprint density at radius 1 is 0.600 bits per heavy atom.